The number of hydrogen-bond acceptors (Lipinski definition) is 1. The van der Waals surface area contributed by atoms with Crippen LogP contribution in [0.1, 0.15) is 30.5 Å². The highest BCUT2D eigenvalue weighted by Crippen LogP contribution is 2.55. The van der Waals surface area contributed by atoms with E-state index in [1.807, 2.05) is 0 Å². The summed E-state index contributed by atoms with van der Waals surface area (Å²) in [5.74, 6) is 0. The minimum Gasteiger partial charge on any atom is -0.318 e. The van der Waals surface area contributed by atoms with Crippen LogP contribution in [-0.4, -0.2) is 16.3 Å². The van der Waals surface area contributed by atoms with Crippen LogP contribution in [0.15, 0.2) is 152 Å². The average Bonchev–Trinajstić information content (AvgIpc) is 3.72. The number of allylic oxidation sites excluding steroid dienone is 2. The van der Waals surface area contributed by atoms with Crippen molar-refractivity contribution in [1.29, 1.82) is 0 Å². The van der Waals surface area contributed by atoms with Crippen LogP contribution in [0.2, 0.25) is 0 Å². The molecule has 6 aromatic carbocycles. The second-order valence-electron chi connectivity index (χ2n) is 14.0. The lowest BCUT2D eigenvalue weighted by atomic mass is 9.82. The van der Waals surface area contributed by atoms with E-state index in [0.29, 0.717) is 0 Å². The lowest BCUT2D eigenvalue weighted by molar-refractivity contribution is 0.660. The number of fused-ring (bicyclic) bond motifs is 11. The monoisotopic (exact) mass is 614 g/mol. The van der Waals surface area contributed by atoms with E-state index in [-0.39, 0.29) is 11.5 Å². The second-order valence-corrected chi connectivity index (χ2v) is 14.0. The van der Waals surface area contributed by atoms with E-state index in [0.717, 1.165) is 0 Å². The van der Waals surface area contributed by atoms with Crippen molar-refractivity contribution >= 4 is 55.8 Å². The molecule has 0 saturated carbocycles. The van der Waals surface area contributed by atoms with Crippen LogP contribution in [0, 0.1) is 0 Å². The zero-order valence-corrected chi connectivity index (χ0v) is 26.9. The van der Waals surface area contributed by atoms with Gasteiger partial charge in [0, 0.05) is 51.7 Å². The Morgan fingerprint density at radius 1 is 0.604 bits per heavy atom. The Kier molecular flexibility index (Phi) is 4.97. The van der Waals surface area contributed by atoms with Crippen molar-refractivity contribution in [2.24, 2.45) is 0 Å². The van der Waals surface area contributed by atoms with E-state index in [2.05, 4.69) is 180 Å². The molecule has 0 amide bonds. The summed E-state index contributed by atoms with van der Waals surface area (Å²) in [4.78, 5) is 2.59. The van der Waals surface area contributed by atoms with Gasteiger partial charge in [-0.05, 0) is 70.3 Å². The maximum absolute atomic E-state index is 2.59. The molecular weight excluding hydrogens is 583 g/mol. The molecule has 2 aliphatic carbocycles. The van der Waals surface area contributed by atoms with Crippen molar-refractivity contribution in [1.82, 2.24) is 9.14 Å². The fraction of sp³-hybridized carbons (Fsp3) is 0.0889. The maximum Gasteiger partial charge on any atom is 0.235 e. The molecule has 3 heteroatoms. The van der Waals surface area contributed by atoms with Gasteiger partial charge in [0.25, 0.3) is 0 Å². The van der Waals surface area contributed by atoms with Gasteiger partial charge in [-0.3, -0.25) is 0 Å². The molecule has 0 fully saturated rings. The fourth-order valence-corrected chi connectivity index (χ4v) is 9.11. The van der Waals surface area contributed by atoms with Crippen LogP contribution in [-0.2, 0) is 5.41 Å². The molecule has 1 atom stereocenters. The third kappa shape index (κ3) is 3.21. The van der Waals surface area contributed by atoms with Crippen LogP contribution in [0.4, 0.5) is 22.7 Å². The molecule has 0 spiro atoms. The zero-order valence-electron chi connectivity index (χ0n) is 26.9. The molecule has 0 bridgehead atoms. The van der Waals surface area contributed by atoms with Crippen molar-refractivity contribution in [3.63, 3.8) is 0 Å². The van der Waals surface area contributed by atoms with Gasteiger partial charge in [0.15, 0.2) is 0 Å². The molecule has 48 heavy (non-hydrogen) atoms. The molecule has 3 nitrogen and oxygen atoms in total. The predicted molar refractivity (Wildman–Crippen MR) is 201 cm³/mol. The molecule has 7 aromatic rings. The molecule has 0 saturated heterocycles. The summed E-state index contributed by atoms with van der Waals surface area (Å²) in [5.41, 5.74) is 18.0. The average molecular weight is 615 g/mol. The summed E-state index contributed by atoms with van der Waals surface area (Å²) < 4.78 is 4.95. The summed E-state index contributed by atoms with van der Waals surface area (Å²) in [6.07, 6.45) is 6.92. The number of benzene rings is 6. The first-order valence-electron chi connectivity index (χ1n) is 16.9. The maximum atomic E-state index is 2.59. The van der Waals surface area contributed by atoms with Gasteiger partial charge in [0.2, 0.25) is 17.1 Å². The van der Waals surface area contributed by atoms with Gasteiger partial charge in [-0.25, -0.2) is 0 Å². The Balaban J connectivity index is 1.16. The Hall–Kier alpha value is -5.93. The van der Waals surface area contributed by atoms with Crippen LogP contribution < -0.4 is 9.48 Å². The Morgan fingerprint density at radius 2 is 1.38 bits per heavy atom. The van der Waals surface area contributed by atoms with E-state index < -0.39 is 0 Å². The number of anilines is 2. The first-order valence-corrected chi connectivity index (χ1v) is 16.9. The van der Waals surface area contributed by atoms with Crippen LogP contribution >= 0.6 is 0 Å². The highest BCUT2D eigenvalue weighted by atomic mass is 15.3. The van der Waals surface area contributed by atoms with E-state index in [4.69, 9.17) is 0 Å². The smallest absolute Gasteiger partial charge is 0.235 e. The molecule has 1 unspecified atom stereocenters. The van der Waals surface area contributed by atoms with Gasteiger partial charge in [-0.15, -0.1) is 0 Å². The Bertz CT molecular complexity index is 2650. The Labute approximate surface area is 279 Å². The fourth-order valence-electron chi connectivity index (χ4n) is 9.11. The van der Waals surface area contributed by atoms with Crippen molar-refractivity contribution < 1.29 is 0 Å². The lowest BCUT2D eigenvalue weighted by Crippen LogP contribution is -2.43. The Morgan fingerprint density at radius 3 is 2.29 bits per heavy atom. The molecule has 0 radical (unpaired) electrons. The molecule has 2 aliphatic heterocycles. The molecule has 1 aromatic heterocycles. The number of aromatic nitrogens is 1. The highest BCUT2D eigenvalue weighted by molar-refractivity contribution is 6.23. The van der Waals surface area contributed by atoms with Gasteiger partial charge in [0.05, 0.1) is 16.7 Å². The topological polar surface area (TPSA) is 11.2 Å². The van der Waals surface area contributed by atoms with Gasteiger partial charge in [-0.2, -0.15) is 4.58 Å². The molecule has 11 rings (SSSR count). The van der Waals surface area contributed by atoms with Gasteiger partial charge < -0.3 is 9.47 Å². The summed E-state index contributed by atoms with van der Waals surface area (Å²) in [6.45, 7) is 4.73. The van der Waals surface area contributed by atoms with Crippen LogP contribution in [0.5, 0.6) is 0 Å². The number of para-hydroxylation sites is 4. The van der Waals surface area contributed by atoms with Crippen molar-refractivity contribution in [3.05, 3.63) is 168 Å². The molecular formula is C45H32N3+. The standard InChI is InChI=1S/C45H32N3/c1-45(2)36-18-8-6-15-30(36)31-24-23-29(25-37(31)45)47-39-20-10-11-21-40(39)48-43-27-42-34(26-35(43)33-17-12-22-41(47)44(33)48)32-16-7-9-19-38(32)46(42)28-13-4-3-5-14-28/h3-27,44H,1-2H3/q+1. The second kappa shape index (κ2) is 9.11. The van der Waals surface area contributed by atoms with Gasteiger partial charge in [-0.1, -0.05) is 98.8 Å². The largest absolute Gasteiger partial charge is 0.318 e. The van der Waals surface area contributed by atoms with Crippen LogP contribution in [0.25, 0.3) is 44.2 Å². The molecule has 0 N–H and O–H groups in total. The molecule has 226 valence electrons. The number of nitrogens with zero attached hydrogens (tertiary/aromatic N) is 3. The molecule has 4 aliphatic rings. The summed E-state index contributed by atoms with van der Waals surface area (Å²) in [6, 6.07) is 49.5. The first-order chi connectivity index (χ1) is 23.6. The van der Waals surface area contributed by atoms with Crippen molar-refractivity contribution in [2.45, 2.75) is 25.3 Å². The highest BCUT2D eigenvalue weighted by Gasteiger charge is 2.49. The van der Waals surface area contributed by atoms with Gasteiger partial charge >= 0.3 is 0 Å². The lowest BCUT2D eigenvalue weighted by Gasteiger charge is -2.33. The van der Waals surface area contributed by atoms with Crippen molar-refractivity contribution in [3.8, 4) is 16.8 Å². The number of hydrogen-bond donors (Lipinski definition) is 0. The van der Waals surface area contributed by atoms with Crippen LogP contribution in [0.3, 0.4) is 0 Å². The van der Waals surface area contributed by atoms with Crippen molar-refractivity contribution in [2.75, 3.05) is 4.90 Å². The molecule has 3 heterocycles. The summed E-state index contributed by atoms with van der Waals surface area (Å²) in [7, 11) is 0. The third-order valence-electron chi connectivity index (χ3n) is 11.2. The third-order valence-corrected chi connectivity index (χ3v) is 11.2. The predicted octanol–water partition coefficient (Wildman–Crippen LogP) is 10.9. The minimum absolute atomic E-state index is 0.0630. The zero-order chi connectivity index (χ0) is 31.7. The first kappa shape index (κ1) is 26.2. The number of rotatable bonds is 2. The summed E-state index contributed by atoms with van der Waals surface area (Å²) >= 11 is 0. The van der Waals surface area contributed by atoms with E-state index >= 15 is 0 Å². The normalized spacial score (nSPS) is 17.7. The van der Waals surface area contributed by atoms with E-state index in [9.17, 15) is 0 Å². The van der Waals surface area contributed by atoms with Gasteiger partial charge in [0.1, 0.15) is 11.7 Å². The van der Waals surface area contributed by atoms with E-state index in [1.54, 1.807) is 0 Å². The quantitative estimate of drug-likeness (QED) is 0.176. The SMILES string of the molecule is CC1(C)c2ccccc2-c2ccc([N+]3=C4C=CC=C5c6cc7c8ccccc8n(-c8ccccc8)c7cc6N(c6ccccc63)C54)cc21. The minimum atomic E-state index is -0.0630. The van der Waals surface area contributed by atoms with E-state index in [1.165, 1.54) is 89.3 Å². The summed E-state index contributed by atoms with van der Waals surface area (Å²) in [5, 5.41) is 2.57.